The van der Waals surface area contributed by atoms with Crippen molar-refractivity contribution >= 4 is 17.5 Å². The molecule has 11 nitrogen and oxygen atoms in total. The van der Waals surface area contributed by atoms with Gasteiger partial charge < -0.3 is 19.9 Å². The van der Waals surface area contributed by atoms with Crippen LogP contribution in [0.4, 0.5) is 18.9 Å². The molecule has 2 N–H and O–H groups in total. The molecule has 2 amide bonds. The molecule has 0 radical (unpaired) electrons. The molecule has 0 fully saturated rings. The minimum atomic E-state index is -4.83. The van der Waals surface area contributed by atoms with Crippen molar-refractivity contribution in [1.82, 2.24) is 29.9 Å². The fourth-order valence-corrected chi connectivity index (χ4v) is 3.86. The Morgan fingerprint density at radius 3 is 2.56 bits per heavy atom. The number of hydrogen-bond donors (Lipinski definition) is 2. The first-order valence-electron chi connectivity index (χ1n) is 12.6. The van der Waals surface area contributed by atoms with Crippen molar-refractivity contribution in [1.29, 1.82) is 0 Å². The van der Waals surface area contributed by atoms with E-state index in [0.717, 1.165) is 17.7 Å². The Bertz CT molecular complexity index is 1540. The average Bonchev–Trinajstić information content (AvgIpc) is 3.40. The number of aryl methyl sites for hydroxylation is 2. The van der Waals surface area contributed by atoms with E-state index < -0.39 is 18.0 Å². The normalized spacial score (nSPS) is 11.2. The number of benzene rings is 1. The van der Waals surface area contributed by atoms with E-state index in [-0.39, 0.29) is 29.3 Å². The lowest BCUT2D eigenvalue weighted by Gasteiger charge is -2.11. The number of hydrogen-bond acceptors (Lipinski definition) is 7. The first-order valence-corrected chi connectivity index (χ1v) is 12.6. The smallest absolute Gasteiger partial charge is 0.406 e. The number of carbonyl (C=O) groups is 2. The summed E-state index contributed by atoms with van der Waals surface area (Å²) in [6.45, 7) is 1.25. The van der Waals surface area contributed by atoms with Gasteiger partial charge in [0.15, 0.2) is 5.69 Å². The number of halogens is 3. The van der Waals surface area contributed by atoms with Gasteiger partial charge in [0.25, 0.3) is 11.5 Å². The number of unbranched alkanes of at least 4 members (excludes halogenated alkanes) is 1. The third-order valence-corrected chi connectivity index (χ3v) is 5.76. The van der Waals surface area contributed by atoms with Crippen LogP contribution in [0.25, 0.3) is 0 Å². The summed E-state index contributed by atoms with van der Waals surface area (Å²) in [7, 11) is 0. The van der Waals surface area contributed by atoms with Crippen molar-refractivity contribution in [3.63, 3.8) is 0 Å². The van der Waals surface area contributed by atoms with Crippen LogP contribution >= 0.6 is 0 Å². The van der Waals surface area contributed by atoms with Crippen LogP contribution in [-0.2, 0) is 30.8 Å². The van der Waals surface area contributed by atoms with Crippen molar-refractivity contribution in [2.75, 3.05) is 5.32 Å². The van der Waals surface area contributed by atoms with Gasteiger partial charge in [-0.1, -0.05) is 23.4 Å². The van der Waals surface area contributed by atoms with Crippen molar-refractivity contribution in [3.8, 4) is 5.75 Å². The molecule has 0 spiro atoms. The highest BCUT2D eigenvalue weighted by Crippen LogP contribution is 2.23. The number of rotatable bonds is 12. The minimum absolute atomic E-state index is 0.199. The minimum Gasteiger partial charge on any atom is -0.406 e. The number of alkyl halides is 3. The number of aromatic nitrogens is 5. The van der Waals surface area contributed by atoms with E-state index in [2.05, 4.69) is 30.7 Å². The van der Waals surface area contributed by atoms with Crippen LogP contribution < -0.4 is 20.9 Å². The summed E-state index contributed by atoms with van der Waals surface area (Å²) < 4.78 is 44.2. The molecule has 0 saturated heterocycles. The van der Waals surface area contributed by atoms with Crippen LogP contribution in [0.15, 0.2) is 78.1 Å². The largest absolute Gasteiger partial charge is 0.573 e. The molecule has 0 unspecified atom stereocenters. The second-order valence-electron chi connectivity index (χ2n) is 8.99. The zero-order valence-corrected chi connectivity index (χ0v) is 21.7. The molecule has 4 rings (SSSR count). The molecule has 1 aromatic carbocycles. The molecule has 0 aliphatic rings. The summed E-state index contributed by atoms with van der Waals surface area (Å²) in [6.07, 6.45) is 2.71. The molecular formula is C27H26F3N7O4. The molecule has 0 aliphatic heterocycles. The zero-order chi connectivity index (χ0) is 29.2. The number of nitrogens with zero attached hydrogens (tertiary/aromatic N) is 5. The van der Waals surface area contributed by atoms with Crippen LogP contribution in [-0.4, -0.2) is 42.7 Å². The van der Waals surface area contributed by atoms with Crippen molar-refractivity contribution in [2.45, 2.75) is 45.3 Å². The van der Waals surface area contributed by atoms with Gasteiger partial charge in [0.2, 0.25) is 5.91 Å². The van der Waals surface area contributed by atoms with E-state index in [4.69, 9.17) is 0 Å². The maximum absolute atomic E-state index is 12.5. The molecule has 14 heteroatoms. The van der Waals surface area contributed by atoms with Gasteiger partial charge in [-0.3, -0.25) is 24.0 Å². The van der Waals surface area contributed by atoms with Crippen LogP contribution in [0.5, 0.6) is 5.75 Å². The van der Waals surface area contributed by atoms with Crippen LogP contribution in [0, 0.1) is 0 Å². The first-order chi connectivity index (χ1) is 19.6. The zero-order valence-electron chi connectivity index (χ0n) is 21.7. The van der Waals surface area contributed by atoms with Gasteiger partial charge in [-0.2, -0.15) is 0 Å². The standard InChI is InChI=1S/C27H26F3N7O4/c28-27(29,30)41-22-7-3-5-19(13-22)14-24(38)33-21-8-12-36(25(39)15-21)10-1-2-11-37-18-23(34-35-37)26(40)32-17-20-6-4-9-31-16-20/h3-9,12-13,15-16,18H,1-2,10-11,14,17H2,(H,32,40)(H,33,38). The molecule has 214 valence electrons. The van der Waals surface area contributed by atoms with Crippen LogP contribution in [0.2, 0.25) is 0 Å². The molecule has 0 atom stereocenters. The number of ether oxygens (including phenoxy) is 1. The summed E-state index contributed by atoms with van der Waals surface area (Å²) >= 11 is 0. The topological polar surface area (TPSA) is 133 Å². The van der Waals surface area contributed by atoms with Gasteiger partial charge in [-0.25, -0.2) is 0 Å². The second kappa shape index (κ2) is 13.4. The summed E-state index contributed by atoms with van der Waals surface area (Å²) in [5, 5.41) is 13.2. The third kappa shape index (κ3) is 9.30. The Morgan fingerprint density at radius 1 is 1.00 bits per heavy atom. The molecule has 0 aliphatic carbocycles. The predicted molar refractivity (Wildman–Crippen MR) is 141 cm³/mol. The lowest BCUT2D eigenvalue weighted by molar-refractivity contribution is -0.274. The van der Waals surface area contributed by atoms with E-state index in [9.17, 15) is 27.6 Å². The van der Waals surface area contributed by atoms with Crippen molar-refractivity contribution < 1.29 is 27.5 Å². The first kappa shape index (κ1) is 29.0. The molecule has 0 bridgehead atoms. The molecule has 3 aromatic heterocycles. The van der Waals surface area contributed by atoms with Crippen molar-refractivity contribution in [2.24, 2.45) is 0 Å². The van der Waals surface area contributed by atoms with E-state index >= 15 is 0 Å². The third-order valence-electron chi connectivity index (χ3n) is 5.76. The van der Waals surface area contributed by atoms with E-state index in [1.165, 1.54) is 22.8 Å². The van der Waals surface area contributed by atoms with Crippen LogP contribution in [0.3, 0.4) is 0 Å². The predicted octanol–water partition coefficient (Wildman–Crippen LogP) is 3.33. The Hall–Kier alpha value is -5.01. The monoisotopic (exact) mass is 569 g/mol. The van der Waals surface area contributed by atoms with E-state index in [0.29, 0.717) is 38.0 Å². The summed E-state index contributed by atoms with van der Waals surface area (Å²) in [6, 6.07) is 11.6. The molecule has 4 aromatic rings. The second-order valence-corrected chi connectivity index (χ2v) is 8.99. The van der Waals surface area contributed by atoms with Gasteiger partial charge >= 0.3 is 6.36 Å². The summed E-state index contributed by atoms with van der Waals surface area (Å²) in [5.74, 6) is -1.26. The molecule has 0 saturated carbocycles. The number of nitrogens with one attached hydrogen (secondary N) is 2. The van der Waals surface area contributed by atoms with E-state index in [1.807, 2.05) is 6.07 Å². The summed E-state index contributed by atoms with van der Waals surface area (Å²) in [5.41, 5.74) is 1.34. The molecular weight excluding hydrogens is 543 g/mol. The lowest BCUT2D eigenvalue weighted by Crippen LogP contribution is -2.23. The van der Waals surface area contributed by atoms with Gasteiger partial charge in [-0.05, 0) is 48.2 Å². The lowest BCUT2D eigenvalue weighted by atomic mass is 10.1. The van der Waals surface area contributed by atoms with Crippen LogP contribution in [0.1, 0.15) is 34.5 Å². The number of anilines is 1. The molecule has 41 heavy (non-hydrogen) atoms. The van der Waals surface area contributed by atoms with Gasteiger partial charge in [0.05, 0.1) is 12.6 Å². The number of carbonyl (C=O) groups excluding carboxylic acids is 2. The molecule has 3 heterocycles. The van der Waals surface area contributed by atoms with Gasteiger partial charge in [0, 0.05) is 50.0 Å². The van der Waals surface area contributed by atoms with Gasteiger partial charge in [-0.15, -0.1) is 18.3 Å². The Kier molecular flexibility index (Phi) is 9.45. The van der Waals surface area contributed by atoms with Gasteiger partial charge in [0.1, 0.15) is 5.75 Å². The average molecular weight is 570 g/mol. The quantitative estimate of drug-likeness (QED) is 0.250. The highest BCUT2D eigenvalue weighted by Gasteiger charge is 2.31. The maximum Gasteiger partial charge on any atom is 0.573 e. The Balaban J connectivity index is 1.20. The Labute approximate surface area is 232 Å². The Morgan fingerprint density at radius 2 is 1.80 bits per heavy atom. The highest BCUT2D eigenvalue weighted by atomic mass is 19.4. The van der Waals surface area contributed by atoms with E-state index in [1.54, 1.807) is 41.6 Å². The fraction of sp³-hybridized carbons (Fsp3) is 0.259. The summed E-state index contributed by atoms with van der Waals surface area (Å²) in [4.78, 5) is 41.1. The highest BCUT2D eigenvalue weighted by molar-refractivity contribution is 5.92. The fourth-order valence-electron chi connectivity index (χ4n) is 3.86. The maximum atomic E-state index is 12.5. The number of pyridine rings is 2. The number of amides is 2. The SMILES string of the molecule is O=C(Cc1cccc(OC(F)(F)F)c1)Nc1ccn(CCCCn2cc(C(=O)NCc3cccnc3)nn2)c(=O)c1. The van der Waals surface area contributed by atoms with Crippen molar-refractivity contribution in [3.05, 3.63) is 100 Å².